The molecule has 0 fully saturated rings. The molecule has 1 aromatic heterocycles. The third kappa shape index (κ3) is 3.52. The highest BCUT2D eigenvalue weighted by Gasteiger charge is 2.06. The van der Waals surface area contributed by atoms with Gasteiger partial charge in [0.1, 0.15) is 5.82 Å². The van der Waals surface area contributed by atoms with Crippen molar-refractivity contribution in [3.63, 3.8) is 0 Å². The summed E-state index contributed by atoms with van der Waals surface area (Å²) in [6, 6.07) is 18.6. The van der Waals surface area contributed by atoms with Crippen molar-refractivity contribution in [1.82, 2.24) is 15.2 Å². The molecule has 22 heavy (non-hydrogen) atoms. The number of hydrogen-bond donors (Lipinski definition) is 2. The first-order chi connectivity index (χ1) is 10.7. The Bertz CT molecular complexity index is 732. The smallest absolute Gasteiger partial charge is 0.246 e. The Balaban J connectivity index is 1.70. The van der Waals surface area contributed by atoms with Crippen LogP contribution in [-0.4, -0.2) is 15.2 Å². The molecule has 0 aliphatic heterocycles. The molecule has 2 aromatic carbocycles. The molecule has 0 spiro atoms. The Labute approximate surface area is 130 Å². The van der Waals surface area contributed by atoms with Gasteiger partial charge in [0.05, 0.1) is 0 Å². The van der Waals surface area contributed by atoms with Crippen LogP contribution in [0.25, 0.3) is 0 Å². The van der Waals surface area contributed by atoms with Crippen LogP contribution in [0.3, 0.4) is 0 Å². The van der Waals surface area contributed by atoms with Crippen molar-refractivity contribution in [2.24, 2.45) is 0 Å². The zero-order valence-corrected chi connectivity index (χ0v) is 12.9. The van der Waals surface area contributed by atoms with Crippen molar-refractivity contribution in [3.05, 3.63) is 71.5 Å². The molecule has 0 atom stereocenters. The largest absolute Gasteiger partial charge is 0.323 e. The molecular weight excluding hydrogens is 272 g/mol. The van der Waals surface area contributed by atoms with E-state index >= 15 is 0 Å². The van der Waals surface area contributed by atoms with Crippen LogP contribution in [0.15, 0.2) is 54.6 Å². The maximum Gasteiger partial charge on any atom is 0.246 e. The Hall–Kier alpha value is -2.62. The zero-order valence-electron chi connectivity index (χ0n) is 12.9. The second-order valence-electron chi connectivity index (χ2n) is 5.67. The highest BCUT2D eigenvalue weighted by atomic mass is 15.3. The number of benzene rings is 2. The van der Waals surface area contributed by atoms with E-state index in [0.717, 1.165) is 17.9 Å². The minimum Gasteiger partial charge on any atom is -0.323 e. The van der Waals surface area contributed by atoms with E-state index in [4.69, 9.17) is 0 Å². The normalized spacial score (nSPS) is 10.9. The number of H-pyrrole nitrogens is 1. The van der Waals surface area contributed by atoms with Crippen LogP contribution >= 0.6 is 0 Å². The van der Waals surface area contributed by atoms with Crippen LogP contribution in [0.1, 0.15) is 36.7 Å². The van der Waals surface area contributed by atoms with Crippen LogP contribution in [0.5, 0.6) is 0 Å². The second-order valence-corrected chi connectivity index (χ2v) is 5.67. The lowest BCUT2D eigenvalue weighted by atomic mass is 10.0. The van der Waals surface area contributed by atoms with E-state index in [9.17, 15) is 0 Å². The molecule has 1 heterocycles. The van der Waals surface area contributed by atoms with Gasteiger partial charge < -0.3 is 5.32 Å². The van der Waals surface area contributed by atoms with Crippen molar-refractivity contribution in [1.29, 1.82) is 0 Å². The zero-order chi connectivity index (χ0) is 15.4. The summed E-state index contributed by atoms with van der Waals surface area (Å²) in [5, 5.41) is 10.5. The fourth-order valence-electron chi connectivity index (χ4n) is 2.32. The summed E-state index contributed by atoms with van der Waals surface area (Å²) in [6.07, 6.45) is 0.752. The van der Waals surface area contributed by atoms with Crippen LogP contribution < -0.4 is 5.32 Å². The average Bonchev–Trinajstić information content (AvgIpc) is 2.95. The molecule has 3 rings (SSSR count). The summed E-state index contributed by atoms with van der Waals surface area (Å²) < 4.78 is 0. The minimum atomic E-state index is 0.502. The number of aromatic nitrogens is 3. The summed E-state index contributed by atoms with van der Waals surface area (Å²) in [4.78, 5) is 4.50. The molecular formula is C18H20N4. The van der Waals surface area contributed by atoms with E-state index < -0.39 is 0 Å². The molecule has 4 nitrogen and oxygen atoms in total. The molecule has 0 bridgehead atoms. The molecule has 0 saturated heterocycles. The Morgan fingerprint density at radius 2 is 1.86 bits per heavy atom. The van der Waals surface area contributed by atoms with Gasteiger partial charge in [0, 0.05) is 12.1 Å². The predicted molar refractivity (Wildman–Crippen MR) is 89.4 cm³/mol. The van der Waals surface area contributed by atoms with Crippen molar-refractivity contribution < 1.29 is 0 Å². The Morgan fingerprint density at radius 1 is 1.05 bits per heavy atom. The van der Waals surface area contributed by atoms with E-state index in [1.165, 1.54) is 11.1 Å². The fraction of sp³-hybridized carbons (Fsp3) is 0.222. The van der Waals surface area contributed by atoms with Crippen LogP contribution in [0.4, 0.5) is 11.6 Å². The molecule has 4 heteroatoms. The predicted octanol–water partition coefficient (Wildman–Crippen LogP) is 4.26. The summed E-state index contributed by atoms with van der Waals surface area (Å²) in [5.74, 6) is 1.96. The van der Waals surface area contributed by atoms with Crippen molar-refractivity contribution in [3.8, 4) is 0 Å². The SMILES string of the molecule is CC(C)c1cccc(Nc2n[nH]c(Cc3ccccc3)n2)c1. The van der Waals surface area contributed by atoms with Gasteiger partial charge in [0.2, 0.25) is 5.95 Å². The molecule has 0 unspecified atom stereocenters. The van der Waals surface area contributed by atoms with Crippen molar-refractivity contribution >= 4 is 11.6 Å². The van der Waals surface area contributed by atoms with Gasteiger partial charge in [-0.05, 0) is 29.2 Å². The Kier molecular flexibility index (Phi) is 4.19. The summed E-state index contributed by atoms with van der Waals surface area (Å²) in [6.45, 7) is 4.37. The molecule has 112 valence electrons. The number of aromatic amines is 1. The number of anilines is 2. The minimum absolute atomic E-state index is 0.502. The molecule has 2 N–H and O–H groups in total. The lowest BCUT2D eigenvalue weighted by Gasteiger charge is -2.08. The number of nitrogens with zero attached hydrogens (tertiary/aromatic N) is 2. The van der Waals surface area contributed by atoms with Gasteiger partial charge in [-0.25, -0.2) is 0 Å². The van der Waals surface area contributed by atoms with Gasteiger partial charge >= 0.3 is 0 Å². The van der Waals surface area contributed by atoms with E-state index in [1.54, 1.807) is 0 Å². The molecule has 3 aromatic rings. The molecule has 0 saturated carbocycles. The molecule has 0 radical (unpaired) electrons. The summed E-state index contributed by atoms with van der Waals surface area (Å²) >= 11 is 0. The second kappa shape index (κ2) is 6.43. The van der Waals surface area contributed by atoms with Crippen LogP contribution in [-0.2, 0) is 6.42 Å². The topological polar surface area (TPSA) is 53.6 Å². The highest BCUT2D eigenvalue weighted by molar-refractivity contribution is 5.54. The van der Waals surface area contributed by atoms with E-state index in [-0.39, 0.29) is 0 Å². The number of rotatable bonds is 5. The molecule has 0 aliphatic rings. The first kappa shape index (κ1) is 14.3. The quantitative estimate of drug-likeness (QED) is 0.738. The highest BCUT2D eigenvalue weighted by Crippen LogP contribution is 2.20. The van der Waals surface area contributed by atoms with Crippen LogP contribution in [0.2, 0.25) is 0 Å². The van der Waals surface area contributed by atoms with Gasteiger partial charge in [-0.3, -0.25) is 5.10 Å². The maximum atomic E-state index is 4.50. The number of hydrogen-bond acceptors (Lipinski definition) is 3. The van der Waals surface area contributed by atoms with E-state index in [1.807, 2.05) is 24.3 Å². The third-order valence-electron chi connectivity index (χ3n) is 3.56. The summed E-state index contributed by atoms with van der Waals surface area (Å²) in [7, 11) is 0. The van der Waals surface area contributed by atoms with Crippen molar-refractivity contribution in [2.75, 3.05) is 5.32 Å². The summed E-state index contributed by atoms with van der Waals surface area (Å²) in [5.41, 5.74) is 3.52. The van der Waals surface area contributed by atoms with Crippen LogP contribution in [0, 0.1) is 0 Å². The standard InChI is InChI=1S/C18H20N4/c1-13(2)15-9-6-10-16(12-15)19-18-20-17(21-22-18)11-14-7-4-3-5-8-14/h3-10,12-13H,11H2,1-2H3,(H2,19,20,21,22). The van der Waals surface area contributed by atoms with E-state index in [0.29, 0.717) is 11.9 Å². The van der Waals surface area contributed by atoms with Gasteiger partial charge in [-0.2, -0.15) is 4.98 Å². The van der Waals surface area contributed by atoms with E-state index in [2.05, 4.69) is 64.7 Å². The Morgan fingerprint density at radius 3 is 2.64 bits per heavy atom. The average molecular weight is 292 g/mol. The lowest BCUT2D eigenvalue weighted by molar-refractivity contribution is 0.867. The number of nitrogens with one attached hydrogen (secondary N) is 2. The lowest BCUT2D eigenvalue weighted by Crippen LogP contribution is -1.95. The molecule has 0 aliphatic carbocycles. The first-order valence-corrected chi connectivity index (χ1v) is 7.53. The maximum absolute atomic E-state index is 4.50. The fourth-order valence-corrected chi connectivity index (χ4v) is 2.32. The van der Waals surface area contributed by atoms with Gasteiger partial charge in [-0.1, -0.05) is 56.3 Å². The third-order valence-corrected chi connectivity index (χ3v) is 3.56. The van der Waals surface area contributed by atoms with Gasteiger partial charge in [0.25, 0.3) is 0 Å². The molecule has 0 amide bonds. The van der Waals surface area contributed by atoms with Gasteiger partial charge in [0.15, 0.2) is 0 Å². The van der Waals surface area contributed by atoms with Crippen molar-refractivity contribution in [2.45, 2.75) is 26.2 Å². The monoisotopic (exact) mass is 292 g/mol. The first-order valence-electron chi connectivity index (χ1n) is 7.53. The van der Waals surface area contributed by atoms with Gasteiger partial charge in [-0.15, -0.1) is 5.10 Å².